The van der Waals surface area contributed by atoms with Crippen LogP contribution in [-0.2, 0) is 23.0 Å². The summed E-state index contributed by atoms with van der Waals surface area (Å²) < 4.78 is 65.5. The van der Waals surface area contributed by atoms with Crippen LogP contribution in [-0.4, -0.2) is 28.5 Å². The zero-order valence-electron chi connectivity index (χ0n) is 17.9. The van der Waals surface area contributed by atoms with E-state index in [2.05, 4.69) is 21.5 Å². The number of hydrogen-bond donors (Lipinski definition) is 2. The molecule has 0 unspecified atom stereocenters. The van der Waals surface area contributed by atoms with Crippen molar-refractivity contribution in [3.05, 3.63) is 72.3 Å². The average molecular weight is 477 g/mol. The molecule has 0 fully saturated rings. The molecule has 0 saturated heterocycles. The Morgan fingerprint density at radius 2 is 1.91 bits per heavy atom. The number of aromatic amines is 1. The third-order valence-corrected chi connectivity index (χ3v) is 6.46. The molecule has 0 saturated carbocycles. The predicted octanol–water partition coefficient (Wildman–Crippen LogP) is 5.68. The van der Waals surface area contributed by atoms with Gasteiger partial charge in [0.05, 0.1) is 5.69 Å². The van der Waals surface area contributed by atoms with Gasteiger partial charge in [0, 0.05) is 47.5 Å². The van der Waals surface area contributed by atoms with Gasteiger partial charge < -0.3 is 9.55 Å². The average Bonchev–Trinajstić information content (AvgIpc) is 3.38. The summed E-state index contributed by atoms with van der Waals surface area (Å²) in [7, 11) is -5.53. The van der Waals surface area contributed by atoms with E-state index in [1.165, 1.54) is 12.1 Å². The lowest BCUT2D eigenvalue weighted by Crippen LogP contribution is -2.30. The van der Waals surface area contributed by atoms with E-state index in [0.29, 0.717) is 17.8 Å². The molecule has 0 atom stereocenters. The first-order chi connectivity index (χ1) is 15.7. The summed E-state index contributed by atoms with van der Waals surface area (Å²) in [6, 6.07) is 13.6. The number of nitrogens with zero attached hydrogens (tertiary/aromatic N) is 2. The van der Waals surface area contributed by atoms with Crippen LogP contribution in [0.3, 0.4) is 0 Å². The second kappa shape index (κ2) is 8.93. The Kier molecular flexibility index (Phi) is 6.20. The highest BCUT2D eigenvalue weighted by Gasteiger charge is 2.46. The van der Waals surface area contributed by atoms with Crippen LogP contribution in [0.1, 0.15) is 31.2 Å². The Labute approximate surface area is 189 Å². The summed E-state index contributed by atoms with van der Waals surface area (Å²) in [6.07, 6.45) is 6.79. The highest BCUT2D eigenvalue weighted by atomic mass is 32.2. The molecule has 0 amide bonds. The number of benzene rings is 2. The first-order valence-corrected chi connectivity index (χ1v) is 12.0. The van der Waals surface area contributed by atoms with E-state index in [1.807, 2.05) is 24.4 Å². The lowest BCUT2D eigenvalue weighted by atomic mass is 10.1. The molecule has 6 nitrogen and oxygen atoms in total. The number of para-hydroxylation sites is 1. The molecule has 33 heavy (non-hydrogen) atoms. The summed E-state index contributed by atoms with van der Waals surface area (Å²) in [6.45, 7) is 2.79. The van der Waals surface area contributed by atoms with Crippen LogP contribution in [0.5, 0.6) is 0 Å². The van der Waals surface area contributed by atoms with Gasteiger partial charge in [-0.3, -0.25) is 4.72 Å². The molecule has 2 aromatic carbocycles. The molecule has 4 aromatic rings. The fourth-order valence-electron chi connectivity index (χ4n) is 3.68. The number of imidazole rings is 1. The van der Waals surface area contributed by atoms with Crippen molar-refractivity contribution in [1.82, 2.24) is 14.5 Å². The number of alkyl halides is 3. The normalized spacial score (nSPS) is 12.4. The van der Waals surface area contributed by atoms with E-state index in [4.69, 9.17) is 0 Å². The number of aromatic nitrogens is 3. The van der Waals surface area contributed by atoms with Gasteiger partial charge in [-0.2, -0.15) is 21.6 Å². The van der Waals surface area contributed by atoms with Crippen LogP contribution < -0.4 is 4.72 Å². The number of halogens is 3. The smallest absolute Gasteiger partial charge is 0.354 e. The Morgan fingerprint density at radius 1 is 1.12 bits per heavy atom. The van der Waals surface area contributed by atoms with E-state index in [-0.39, 0.29) is 5.69 Å². The third-order valence-electron chi connectivity index (χ3n) is 5.36. The van der Waals surface area contributed by atoms with Gasteiger partial charge in [-0.05, 0) is 36.2 Å². The molecule has 2 heterocycles. The second-order valence-electron chi connectivity index (χ2n) is 7.78. The molecule has 0 bridgehead atoms. The number of anilines is 1. The van der Waals surface area contributed by atoms with Gasteiger partial charge in [0.15, 0.2) is 0 Å². The number of fused-ring (bicyclic) bond motifs is 1. The van der Waals surface area contributed by atoms with Crippen molar-refractivity contribution in [2.45, 2.75) is 38.2 Å². The van der Waals surface area contributed by atoms with E-state index in [0.717, 1.165) is 41.6 Å². The van der Waals surface area contributed by atoms with Crippen molar-refractivity contribution in [3.8, 4) is 11.3 Å². The fraction of sp³-hybridized carbons (Fsp3) is 0.261. The largest absolute Gasteiger partial charge is 0.516 e. The van der Waals surface area contributed by atoms with Crippen LogP contribution >= 0.6 is 0 Å². The van der Waals surface area contributed by atoms with Crippen molar-refractivity contribution in [2.24, 2.45) is 0 Å². The number of unbranched alkanes of at least 4 members (excludes halogenated alkanes) is 1. The molecule has 0 spiro atoms. The van der Waals surface area contributed by atoms with Gasteiger partial charge in [-0.1, -0.05) is 37.6 Å². The fourth-order valence-corrected chi connectivity index (χ4v) is 4.26. The van der Waals surface area contributed by atoms with Crippen molar-refractivity contribution >= 4 is 26.6 Å². The van der Waals surface area contributed by atoms with Crippen LogP contribution in [0.2, 0.25) is 0 Å². The molecule has 0 aliphatic rings. The summed E-state index contributed by atoms with van der Waals surface area (Å²) in [5.41, 5.74) is -2.89. The molecule has 4 rings (SSSR count). The van der Waals surface area contributed by atoms with Crippen molar-refractivity contribution < 1.29 is 21.6 Å². The van der Waals surface area contributed by atoms with Gasteiger partial charge in [0.25, 0.3) is 0 Å². The van der Waals surface area contributed by atoms with Crippen LogP contribution in [0, 0.1) is 0 Å². The van der Waals surface area contributed by atoms with Gasteiger partial charge in [0.2, 0.25) is 0 Å². The maximum atomic E-state index is 12.9. The first-order valence-electron chi connectivity index (χ1n) is 10.5. The Hall–Kier alpha value is -3.27. The lowest BCUT2D eigenvalue weighted by Gasteiger charge is -2.13. The second-order valence-corrected chi connectivity index (χ2v) is 9.45. The van der Waals surface area contributed by atoms with Crippen molar-refractivity contribution in [1.29, 1.82) is 0 Å². The van der Waals surface area contributed by atoms with Crippen LogP contribution in [0.25, 0.3) is 22.2 Å². The highest BCUT2D eigenvalue weighted by molar-refractivity contribution is 7.93. The van der Waals surface area contributed by atoms with Gasteiger partial charge in [-0.25, -0.2) is 4.98 Å². The zero-order valence-corrected chi connectivity index (χ0v) is 18.7. The number of H-pyrrole nitrogens is 1. The maximum Gasteiger partial charge on any atom is 0.516 e. The minimum Gasteiger partial charge on any atom is -0.354 e. The zero-order chi connectivity index (χ0) is 23.6. The van der Waals surface area contributed by atoms with E-state index < -0.39 is 15.5 Å². The number of rotatable bonds is 8. The topological polar surface area (TPSA) is 79.8 Å². The summed E-state index contributed by atoms with van der Waals surface area (Å²) in [5, 5.41) is 0.867. The maximum absolute atomic E-state index is 12.9. The monoisotopic (exact) mass is 476 g/mol. The van der Waals surface area contributed by atoms with Gasteiger partial charge in [0.1, 0.15) is 5.82 Å². The minimum absolute atomic E-state index is 0.152. The molecule has 2 aromatic heterocycles. The standard InChI is InChI=1S/C23H23F3N4O2S/c1-2-3-8-22-27-11-12-30(22)15-16-9-10-19-17(13-16)14-21(28-19)18-6-4-5-7-20(18)29-33(31,32)23(24,25)26/h4-7,9-14,28-29H,2-3,8,15H2,1H3. The predicted molar refractivity (Wildman–Crippen MR) is 122 cm³/mol. The van der Waals surface area contributed by atoms with E-state index in [9.17, 15) is 21.6 Å². The molecule has 2 N–H and O–H groups in total. The number of aryl methyl sites for hydroxylation is 1. The Balaban J connectivity index is 1.64. The number of hydrogen-bond acceptors (Lipinski definition) is 3. The SMILES string of the molecule is CCCCc1nccn1Cc1ccc2[nH]c(-c3ccccc3NS(=O)(=O)C(F)(F)F)cc2c1. The third kappa shape index (κ3) is 4.90. The quantitative estimate of drug-likeness (QED) is 0.343. The molecule has 0 aliphatic carbocycles. The van der Waals surface area contributed by atoms with Crippen LogP contribution in [0.15, 0.2) is 60.9 Å². The van der Waals surface area contributed by atoms with Crippen molar-refractivity contribution in [3.63, 3.8) is 0 Å². The minimum atomic E-state index is -5.53. The number of nitrogens with one attached hydrogen (secondary N) is 2. The number of sulfonamides is 1. The van der Waals surface area contributed by atoms with Crippen molar-refractivity contribution in [2.75, 3.05) is 4.72 Å². The molecule has 0 aliphatic heterocycles. The first kappa shape index (κ1) is 22.9. The van der Waals surface area contributed by atoms with E-state index in [1.54, 1.807) is 29.1 Å². The Morgan fingerprint density at radius 3 is 2.67 bits per heavy atom. The molecule has 0 radical (unpaired) electrons. The Bertz CT molecular complexity index is 1370. The summed E-state index contributed by atoms with van der Waals surface area (Å²) in [4.78, 5) is 7.60. The van der Waals surface area contributed by atoms with Crippen LogP contribution in [0.4, 0.5) is 18.9 Å². The molecular weight excluding hydrogens is 453 g/mol. The summed E-state index contributed by atoms with van der Waals surface area (Å²) in [5.74, 6) is 1.03. The molecular formula is C23H23F3N4O2S. The molecule has 174 valence electrons. The highest BCUT2D eigenvalue weighted by Crippen LogP contribution is 2.33. The summed E-state index contributed by atoms with van der Waals surface area (Å²) >= 11 is 0. The molecule has 10 heteroatoms. The van der Waals surface area contributed by atoms with Gasteiger partial charge >= 0.3 is 15.5 Å². The van der Waals surface area contributed by atoms with E-state index >= 15 is 0 Å². The lowest BCUT2D eigenvalue weighted by molar-refractivity contribution is -0.0429. The van der Waals surface area contributed by atoms with Gasteiger partial charge in [-0.15, -0.1) is 0 Å².